The van der Waals surface area contributed by atoms with Gasteiger partial charge in [-0.25, -0.2) is 10.2 Å². The van der Waals surface area contributed by atoms with E-state index in [1.807, 2.05) is 13.8 Å². The smallest absolute Gasteiger partial charge is 0.182 e. The van der Waals surface area contributed by atoms with Crippen LogP contribution in [-0.4, -0.2) is 10.8 Å². The van der Waals surface area contributed by atoms with Crippen molar-refractivity contribution in [3.8, 4) is 0 Å². The number of benzene rings is 1. The number of carbonyl (C=O) groups excluding carboxylic acids is 1. The summed E-state index contributed by atoms with van der Waals surface area (Å²) in [4.78, 5) is 11.8. The zero-order valence-corrected chi connectivity index (χ0v) is 11.3. The molecule has 0 saturated heterocycles. The fourth-order valence-corrected chi connectivity index (χ4v) is 1.60. The Morgan fingerprint density at radius 2 is 2.21 bits per heavy atom. The Labute approximate surface area is 112 Å². The lowest BCUT2D eigenvalue weighted by Gasteiger charge is -2.16. The number of nitrogens with zero attached hydrogens (tertiary/aromatic N) is 1. The third-order valence-electron chi connectivity index (χ3n) is 2.90. The van der Waals surface area contributed by atoms with Gasteiger partial charge in [-0.05, 0) is 24.1 Å². The Bertz CT molecular complexity index is 474. The second-order valence-electron chi connectivity index (χ2n) is 4.56. The van der Waals surface area contributed by atoms with Gasteiger partial charge in [0.1, 0.15) is 5.82 Å². The zero-order valence-electron chi connectivity index (χ0n) is 11.3. The molecule has 0 aromatic heterocycles. The topological polar surface area (TPSA) is 72.4 Å². The molecule has 0 aliphatic carbocycles. The molecule has 0 aliphatic heterocycles. The van der Waals surface area contributed by atoms with Gasteiger partial charge < -0.3 is 10.7 Å². The first-order chi connectivity index (χ1) is 8.93. The summed E-state index contributed by atoms with van der Waals surface area (Å²) in [5, 5.41) is 1.28. The van der Waals surface area contributed by atoms with Crippen molar-refractivity contribution in [2.75, 3.05) is 0 Å². The normalized spacial score (nSPS) is 13.2. The molecular formula is C14H20FN3O. The Morgan fingerprint density at radius 3 is 2.79 bits per heavy atom. The largest absolute Gasteiger partial charge is 0.395 e. The van der Waals surface area contributed by atoms with Gasteiger partial charge in [0.25, 0.3) is 0 Å². The lowest BCUT2D eigenvalue weighted by atomic mass is 10.0. The van der Waals surface area contributed by atoms with Crippen LogP contribution in [0.5, 0.6) is 0 Å². The standard InChI is InChI=1S/C14H20FN3O/c1-3-10(2)14(19)13(16)9-18(17)8-11-5-4-6-12(15)7-11/h4-7,9-10H,3,8,16-17H2,1-2H3/b13-9-. The molecule has 1 aromatic rings. The molecule has 0 aliphatic rings. The zero-order chi connectivity index (χ0) is 14.4. The van der Waals surface area contributed by atoms with Crippen molar-refractivity contribution in [3.63, 3.8) is 0 Å². The lowest BCUT2D eigenvalue weighted by molar-refractivity contribution is -0.118. The van der Waals surface area contributed by atoms with Gasteiger partial charge in [-0.1, -0.05) is 26.0 Å². The lowest BCUT2D eigenvalue weighted by Crippen LogP contribution is -2.29. The molecule has 0 radical (unpaired) electrons. The van der Waals surface area contributed by atoms with E-state index in [1.165, 1.54) is 23.3 Å². The second-order valence-corrected chi connectivity index (χ2v) is 4.56. The summed E-state index contributed by atoms with van der Waals surface area (Å²) < 4.78 is 13.0. The maximum absolute atomic E-state index is 13.0. The van der Waals surface area contributed by atoms with E-state index in [4.69, 9.17) is 11.6 Å². The fraction of sp³-hybridized carbons (Fsp3) is 0.357. The monoisotopic (exact) mass is 265 g/mol. The van der Waals surface area contributed by atoms with E-state index < -0.39 is 0 Å². The highest BCUT2D eigenvalue weighted by Gasteiger charge is 2.14. The number of allylic oxidation sites excluding steroid dienone is 1. The number of hydrazine groups is 1. The average Bonchev–Trinajstić information content (AvgIpc) is 2.36. The molecule has 0 saturated carbocycles. The molecule has 0 amide bonds. The predicted molar refractivity (Wildman–Crippen MR) is 72.9 cm³/mol. The highest BCUT2D eigenvalue weighted by Crippen LogP contribution is 2.09. The number of hydrogen-bond acceptors (Lipinski definition) is 4. The third-order valence-corrected chi connectivity index (χ3v) is 2.90. The van der Waals surface area contributed by atoms with Gasteiger partial charge in [0.2, 0.25) is 0 Å². The van der Waals surface area contributed by atoms with E-state index in [9.17, 15) is 9.18 Å². The van der Waals surface area contributed by atoms with Crippen molar-refractivity contribution in [1.82, 2.24) is 5.01 Å². The summed E-state index contributed by atoms with van der Waals surface area (Å²) in [7, 11) is 0. The molecule has 4 N–H and O–H groups in total. The molecule has 1 rings (SSSR count). The number of Topliss-reactive ketones (excluding diaryl/α,β-unsaturated/α-hetero) is 1. The summed E-state index contributed by atoms with van der Waals surface area (Å²) in [5.41, 5.74) is 6.52. The first-order valence-electron chi connectivity index (χ1n) is 6.21. The minimum absolute atomic E-state index is 0.119. The Kier molecular flexibility index (Phi) is 5.51. The highest BCUT2D eigenvalue weighted by molar-refractivity contribution is 5.95. The Hall–Kier alpha value is -1.88. The van der Waals surface area contributed by atoms with Crippen molar-refractivity contribution in [1.29, 1.82) is 0 Å². The van der Waals surface area contributed by atoms with Gasteiger partial charge in [0, 0.05) is 12.1 Å². The quantitative estimate of drug-likeness (QED) is 0.468. The number of ketones is 1. The molecule has 0 fully saturated rings. The van der Waals surface area contributed by atoms with Crippen LogP contribution in [0.15, 0.2) is 36.2 Å². The number of carbonyl (C=O) groups is 1. The van der Waals surface area contributed by atoms with E-state index in [-0.39, 0.29) is 29.8 Å². The molecular weight excluding hydrogens is 245 g/mol. The van der Waals surface area contributed by atoms with E-state index in [0.717, 1.165) is 6.42 Å². The van der Waals surface area contributed by atoms with Gasteiger partial charge >= 0.3 is 0 Å². The predicted octanol–water partition coefficient (Wildman–Crippen LogP) is 1.92. The van der Waals surface area contributed by atoms with Gasteiger partial charge in [-0.3, -0.25) is 4.79 Å². The van der Waals surface area contributed by atoms with Crippen LogP contribution in [0.3, 0.4) is 0 Å². The summed E-state index contributed by atoms with van der Waals surface area (Å²) in [5.74, 6) is 5.16. The average molecular weight is 265 g/mol. The Morgan fingerprint density at radius 1 is 1.53 bits per heavy atom. The van der Waals surface area contributed by atoms with Crippen LogP contribution >= 0.6 is 0 Å². The third kappa shape index (κ3) is 4.71. The molecule has 0 spiro atoms. The van der Waals surface area contributed by atoms with E-state index in [1.54, 1.807) is 12.1 Å². The summed E-state index contributed by atoms with van der Waals surface area (Å²) in [6, 6.07) is 6.11. The minimum Gasteiger partial charge on any atom is -0.395 e. The SMILES string of the molecule is CCC(C)C(=O)/C(N)=C/N(N)Cc1cccc(F)c1. The van der Waals surface area contributed by atoms with Crippen molar-refractivity contribution in [2.24, 2.45) is 17.5 Å². The molecule has 19 heavy (non-hydrogen) atoms. The molecule has 4 nitrogen and oxygen atoms in total. The number of nitrogens with two attached hydrogens (primary N) is 2. The van der Waals surface area contributed by atoms with Gasteiger partial charge in [0.05, 0.1) is 12.2 Å². The molecule has 1 aromatic carbocycles. The number of hydrogen-bond donors (Lipinski definition) is 2. The van der Waals surface area contributed by atoms with Crippen LogP contribution in [0.2, 0.25) is 0 Å². The molecule has 0 bridgehead atoms. The first kappa shape index (κ1) is 15.2. The molecule has 1 unspecified atom stereocenters. The van der Waals surface area contributed by atoms with Gasteiger partial charge in [0.15, 0.2) is 5.78 Å². The maximum Gasteiger partial charge on any atom is 0.182 e. The van der Waals surface area contributed by atoms with Gasteiger partial charge in [-0.2, -0.15) is 0 Å². The minimum atomic E-state index is -0.321. The highest BCUT2D eigenvalue weighted by atomic mass is 19.1. The Balaban J connectivity index is 2.68. The van der Waals surface area contributed by atoms with Gasteiger partial charge in [-0.15, -0.1) is 0 Å². The summed E-state index contributed by atoms with van der Waals surface area (Å²) >= 11 is 0. The van der Waals surface area contributed by atoms with Crippen molar-refractivity contribution in [3.05, 3.63) is 47.5 Å². The number of halogens is 1. The van der Waals surface area contributed by atoms with Crippen LogP contribution in [0.4, 0.5) is 4.39 Å². The van der Waals surface area contributed by atoms with E-state index in [2.05, 4.69) is 0 Å². The van der Waals surface area contributed by atoms with Crippen LogP contribution in [-0.2, 0) is 11.3 Å². The molecule has 1 atom stereocenters. The second kappa shape index (κ2) is 6.89. The maximum atomic E-state index is 13.0. The van der Waals surface area contributed by atoms with Crippen LogP contribution in [0.25, 0.3) is 0 Å². The number of rotatable bonds is 6. The van der Waals surface area contributed by atoms with Crippen LogP contribution in [0, 0.1) is 11.7 Å². The molecule has 0 heterocycles. The van der Waals surface area contributed by atoms with Crippen LogP contribution < -0.4 is 11.6 Å². The molecule has 104 valence electrons. The van der Waals surface area contributed by atoms with E-state index in [0.29, 0.717) is 5.56 Å². The summed E-state index contributed by atoms with van der Waals surface area (Å²) in [6.45, 7) is 4.02. The van der Waals surface area contributed by atoms with E-state index >= 15 is 0 Å². The fourth-order valence-electron chi connectivity index (χ4n) is 1.60. The molecule has 5 heteroatoms. The first-order valence-corrected chi connectivity index (χ1v) is 6.21. The van der Waals surface area contributed by atoms with Crippen LogP contribution in [0.1, 0.15) is 25.8 Å². The van der Waals surface area contributed by atoms with Crippen molar-refractivity contribution in [2.45, 2.75) is 26.8 Å². The van der Waals surface area contributed by atoms with Crippen molar-refractivity contribution < 1.29 is 9.18 Å². The van der Waals surface area contributed by atoms with Crippen molar-refractivity contribution >= 4 is 5.78 Å². The summed E-state index contributed by atoms with van der Waals surface area (Å²) in [6.07, 6.45) is 2.11.